The van der Waals surface area contributed by atoms with Gasteiger partial charge in [-0.15, -0.1) is 0 Å². The fourth-order valence-electron chi connectivity index (χ4n) is 4.56. The lowest BCUT2D eigenvalue weighted by atomic mass is 10.1. The van der Waals surface area contributed by atoms with Crippen molar-refractivity contribution in [3.05, 3.63) is 53.6 Å². The molecule has 0 unspecified atom stereocenters. The summed E-state index contributed by atoms with van der Waals surface area (Å²) in [5.41, 5.74) is -2.15. The van der Waals surface area contributed by atoms with Gasteiger partial charge in [0, 0.05) is 17.9 Å². The molecule has 214 valence electrons. The van der Waals surface area contributed by atoms with Crippen molar-refractivity contribution in [1.82, 2.24) is 4.90 Å². The molecule has 2 N–H and O–H groups in total. The molecule has 4 rings (SSSR count). The molecule has 2 aliphatic heterocycles. The second kappa shape index (κ2) is 11.1. The molecule has 0 spiro atoms. The van der Waals surface area contributed by atoms with Crippen LogP contribution >= 0.6 is 0 Å². The molecule has 15 heteroatoms. The highest BCUT2D eigenvalue weighted by Crippen LogP contribution is 2.39. The predicted molar refractivity (Wildman–Crippen MR) is 127 cm³/mol. The van der Waals surface area contributed by atoms with E-state index in [9.17, 15) is 41.0 Å². The van der Waals surface area contributed by atoms with Gasteiger partial charge in [0.2, 0.25) is 12.1 Å². The minimum absolute atomic E-state index is 0.217. The van der Waals surface area contributed by atoms with Crippen molar-refractivity contribution in [2.75, 3.05) is 29.9 Å². The Morgan fingerprint density at radius 2 is 1.82 bits per heavy atom. The second-order valence-electron chi connectivity index (χ2n) is 9.10. The van der Waals surface area contributed by atoms with Crippen LogP contribution in [0.4, 0.5) is 42.5 Å². The Balaban J connectivity index is 1.40. The summed E-state index contributed by atoms with van der Waals surface area (Å²) in [5.74, 6) is -0.281. The summed E-state index contributed by atoms with van der Waals surface area (Å²) in [4.78, 5) is 25.4. The summed E-state index contributed by atoms with van der Waals surface area (Å²) in [6.07, 6.45) is -13.8. The van der Waals surface area contributed by atoms with Gasteiger partial charge in [0.25, 0.3) is 0 Å². The van der Waals surface area contributed by atoms with Crippen LogP contribution in [0.15, 0.2) is 42.5 Å². The number of halogens is 6. The summed E-state index contributed by atoms with van der Waals surface area (Å²) < 4.78 is 91.7. The molecular formula is C25H22F6N4O5. The number of nitrogens with zero attached hydrogens (tertiary/aromatic N) is 3. The summed E-state index contributed by atoms with van der Waals surface area (Å²) in [5, 5.41) is 20.7. The lowest BCUT2D eigenvalue weighted by Crippen LogP contribution is -2.42. The lowest BCUT2D eigenvalue weighted by Gasteiger charge is -2.27. The Morgan fingerprint density at radius 1 is 1.12 bits per heavy atom. The number of amides is 2. The Bertz CT molecular complexity index is 1290. The van der Waals surface area contributed by atoms with E-state index in [4.69, 9.17) is 14.7 Å². The molecule has 2 fully saturated rings. The van der Waals surface area contributed by atoms with Crippen LogP contribution in [0.2, 0.25) is 0 Å². The van der Waals surface area contributed by atoms with Crippen molar-refractivity contribution in [1.29, 1.82) is 5.26 Å². The smallest absolute Gasteiger partial charge is 0.433 e. The number of anilines is 2. The molecule has 2 aromatic rings. The highest BCUT2D eigenvalue weighted by atomic mass is 19.4. The topological polar surface area (TPSA) is 115 Å². The first-order chi connectivity index (χ1) is 18.8. The molecule has 9 nitrogen and oxygen atoms in total. The summed E-state index contributed by atoms with van der Waals surface area (Å²) in [7, 11) is 0. The van der Waals surface area contributed by atoms with E-state index in [0.29, 0.717) is 29.5 Å². The molecule has 0 saturated carbocycles. The molecule has 0 bridgehead atoms. The lowest BCUT2D eigenvalue weighted by molar-refractivity contribution is -0.215. The van der Waals surface area contributed by atoms with Gasteiger partial charge in [-0.25, -0.2) is 4.79 Å². The second-order valence-corrected chi connectivity index (χ2v) is 9.10. The Hall–Kier alpha value is -4.19. The molecular weight excluding hydrogens is 550 g/mol. The number of alkyl halides is 6. The van der Waals surface area contributed by atoms with E-state index in [-0.39, 0.29) is 18.9 Å². The third-order valence-corrected chi connectivity index (χ3v) is 6.40. The zero-order valence-corrected chi connectivity index (χ0v) is 20.5. The number of benzene rings is 2. The van der Waals surface area contributed by atoms with Gasteiger partial charge in [-0.2, -0.15) is 31.6 Å². The van der Waals surface area contributed by atoms with Gasteiger partial charge in [0.05, 0.1) is 23.7 Å². The van der Waals surface area contributed by atoms with E-state index in [1.807, 2.05) is 0 Å². The summed E-state index contributed by atoms with van der Waals surface area (Å²) in [6.45, 7) is -0.555. The van der Waals surface area contributed by atoms with Crippen LogP contribution < -0.4 is 15.0 Å². The molecule has 2 aromatic carbocycles. The number of rotatable bonds is 6. The SMILES string of the molecule is N#Cc1ccc(N2C[C@@H](COc3ccc(NC(=O)[C@@H]4CCCN4C(=O)O)cc3)O[C@@H]2C(F)(F)F)cc1C(F)(F)F. The molecule has 40 heavy (non-hydrogen) atoms. The first-order valence-electron chi connectivity index (χ1n) is 11.9. The van der Waals surface area contributed by atoms with Crippen LogP contribution in [0.5, 0.6) is 5.75 Å². The van der Waals surface area contributed by atoms with Crippen LogP contribution in [-0.4, -0.2) is 66.3 Å². The predicted octanol–water partition coefficient (Wildman–Crippen LogP) is 4.83. The summed E-state index contributed by atoms with van der Waals surface area (Å²) in [6, 6.07) is 8.64. The van der Waals surface area contributed by atoms with Crippen LogP contribution in [-0.2, 0) is 15.7 Å². The van der Waals surface area contributed by atoms with Gasteiger partial charge in [-0.05, 0) is 55.3 Å². The number of hydrogen-bond donors (Lipinski definition) is 2. The normalized spacial score (nSPS) is 21.3. The minimum atomic E-state index is -4.95. The Kier molecular flexibility index (Phi) is 8.01. The van der Waals surface area contributed by atoms with E-state index in [2.05, 4.69) is 5.32 Å². The Labute approximate surface area is 223 Å². The van der Waals surface area contributed by atoms with E-state index in [0.717, 1.165) is 17.0 Å². The highest BCUT2D eigenvalue weighted by molar-refractivity contribution is 5.96. The van der Waals surface area contributed by atoms with Crippen LogP contribution in [0.3, 0.4) is 0 Å². The van der Waals surface area contributed by atoms with Gasteiger partial charge < -0.3 is 24.8 Å². The van der Waals surface area contributed by atoms with Crippen molar-refractivity contribution >= 4 is 23.4 Å². The largest absolute Gasteiger partial charge is 0.491 e. The number of carbonyl (C=O) groups excluding carboxylic acids is 1. The fourth-order valence-corrected chi connectivity index (χ4v) is 4.56. The number of nitriles is 1. The van der Waals surface area contributed by atoms with Crippen LogP contribution in [0.25, 0.3) is 0 Å². The van der Waals surface area contributed by atoms with Gasteiger partial charge in [-0.3, -0.25) is 9.69 Å². The number of hydrogen-bond acceptors (Lipinski definition) is 6. The molecule has 3 atom stereocenters. The van der Waals surface area contributed by atoms with E-state index < -0.39 is 66.1 Å². The zero-order valence-electron chi connectivity index (χ0n) is 20.5. The van der Waals surface area contributed by atoms with Crippen molar-refractivity contribution < 1.29 is 50.5 Å². The molecule has 2 saturated heterocycles. The molecule has 0 aliphatic carbocycles. The van der Waals surface area contributed by atoms with Crippen molar-refractivity contribution in [3.8, 4) is 11.8 Å². The van der Waals surface area contributed by atoms with Crippen LogP contribution in [0, 0.1) is 11.3 Å². The number of ether oxygens (including phenoxy) is 2. The van der Waals surface area contributed by atoms with Crippen molar-refractivity contribution in [3.63, 3.8) is 0 Å². The number of carbonyl (C=O) groups is 2. The van der Waals surface area contributed by atoms with E-state index >= 15 is 0 Å². The number of likely N-dealkylation sites (tertiary alicyclic amines) is 1. The van der Waals surface area contributed by atoms with Gasteiger partial charge in [-0.1, -0.05) is 0 Å². The van der Waals surface area contributed by atoms with Gasteiger partial charge in [0.15, 0.2) is 0 Å². The monoisotopic (exact) mass is 572 g/mol. The number of carboxylic acid groups (broad SMARTS) is 1. The molecule has 0 aromatic heterocycles. The average molecular weight is 572 g/mol. The maximum Gasteiger partial charge on any atom is 0.433 e. The molecule has 2 amide bonds. The minimum Gasteiger partial charge on any atom is -0.491 e. The zero-order chi connectivity index (χ0) is 29.2. The summed E-state index contributed by atoms with van der Waals surface area (Å²) >= 11 is 0. The molecule has 2 aliphatic rings. The standard InChI is InChI=1S/C25H22F6N4O5/c26-24(27,28)19-10-16(6-3-14(19)11-32)35-12-18(40-22(35)25(29,30)31)13-39-17-7-4-15(5-8-17)33-21(36)20-2-1-9-34(20)23(37)38/h3-8,10,18,20,22H,1-2,9,12-13H2,(H,33,36)(H,37,38)/t18-,20-,22+/m0/s1. The van der Waals surface area contributed by atoms with Gasteiger partial charge in [0.1, 0.15) is 24.5 Å². The maximum atomic E-state index is 13.7. The van der Waals surface area contributed by atoms with Gasteiger partial charge >= 0.3 is 18.4 Å². The van der Waals surface area contributed by atoms with Crippen molar-refractivity contribution in [2.45, 2.75) is 43.6 Å². The van der Waals surface area contributed by atoms with E-state index in [1.165, 1.54) is 30.3 Å². The Morgan fingerprint density at radius 3 is 2.42 bits per heavy atom. The quantitative estimate of drug-likeness (QED) is 0.477. The van der Waals surface area contributed by atoms with Crippen LogP contribution in [0.1, 0.15) is 24.0 Å². The first kappa shape index (κ1) is 28.8. The van der Waals surface area contributed by atoms with E-state index in [1.54, 1.807) is 0 Å². The maximum absolute atomic E-state index is 13.7. The van der Waals surface area contributed by atoms with Crippen molar-refractivity contribution in [2.24, 2.45) is 0 Å². The third-order valence-electron chi connectivity index (χ3n) is 6.40. The molecule has 2 heterocycles. The first-order valence-corrected chi connectivity index (χ1v) is 11.9. The highest BCUT2D eigenvalue weighted by Gasteiger charge is 2.51. The third kappa shape index (κ3) is 6.33. The number of nitrogens with one attached hydrogen (secondary N) is 1. The fraction of sp³-hybridized carbons (Fsp3) is 0.400. The molecule has 0 radical (unpaired) electrons. The average Bonchev–Trinajstić information content (AvgIpc) is 3.55.